The number of nitrogens with one attached hydrogen (secondary N) is 1. The van der Waals surface area contributed by atoms with Gasteiger partial charge in [-0.3, -0.25) is 9.59 Å². The van der Waals surface area contributed by atoms with E-state index in [0.717, 1.165) is 38.8 Å². The standard InChI is InChI=1S/C14H25N3O2/c1-3-8-15-12-5-4-9-17(14(12)19)11-6-7-13(18)16(2)10-11/h11-12,15H,3-10H2,1-2H3. The Bertz CT molecular complexity index is 346. The number of likely N-dealkylation sites (N-methyl/N-ethyl adjacent to an activating group) is 1. The predicted molar refractivity (Wildman–Crippen MR) is 73.7 cm³/mol. The van der Waals surface area contributed by atoms with Crippen LogP contribution in [0.15, 0.2) is 0 Å². The maximum Gasteiger partial charge on any atom is 0.240 e. The Hall–Kier alpha value is -1.10. The van der Waals surface area contributed by atoms with Gasteiger partial charge < -0.3 is 15.1 Å². The average Bonchev–Trinajstić information content (AvgIpc) is 2.41. The minimum Gasteiger partial charge on any atom is -0.344 e. The lowest BCUT2D eigenvalue weighted by molar-refractivity contribution is -0.144. The molecule has 2 rings (SSSR count). The van der Waals surface area contributed by atoms with Crippen molar-refractivity contribution >= 4 is 11.8 Å². The van der Waals surface area contributed by atoms with Gasteiger partial charge in [-0.25, -0.2) is 0 Å². The fraction of sp³-hybridized carbons (Fsp3) is 0.857. The van der Waals surface area contributed by atoms with Crippen molar-refractivity contribution in [2.24, 2.45) is 0 Å². The zero-order valence-electron chi connectivity index (χ0n) is 12.0. The van der Waals surface area contributed by atoms with E-state index in [1.54, 1.807) is 4.90 Å². The summed E-state index contributed by atoms with van der Waals surface area (Å²) in [4.78, 5) is 27.8. The summed E-state index contributed by atoms with van der Waals surface area (Å²) in [5.41, 5.74) is 0. The molecule has 2 heterocycles. The monoisotopic (exact) mass is 267 g/mol. The molecular formula is C14H25N3O2. The predicted octanol–water partition coefficient (Wildman–Crippen LogP) is 0.598. The zero-order valence-corrected chi connectivity index (χ0v) is 12.0. The van der Waals surface area contributed by atoms with E-state index < -0.39 is 0 Å². The summed E-state index contributed by atoms with van der Waals surface area (Å²) in [6, 6.07) is 0.193. The Morgan fingerprint density at radius 1 is 1.32 bits per heavy atom. The van der Waals surface area contributed by atoms with Gasteiger partial charge in [0.2, 0.25) is 11.8 Å². The third kappa shape index (κ3) is 3.26. The van der Waals surface area contributed by atoms with Crippen molar-refractivity contribution < 1.29 is 9.59 Å². The van der Waals surface area contributed by atoms with Crippen LogP contribution in [0.4, 0.5) is 0 Å². The molecule has 19 heavy (non-hydrogen) atoms. The number of likely N-dealkylation sites (tertiary alicyclic amines) is 2. The molecule has 1 N–H and O–H groups in total. The number of hydrogen-bond acceptors (Lipinski definition) is 3. The summed E-state index contributed by atoms with van der Waals surface area (Å²) < 4.78 is 0. The third-order valence-electron chi connectivity index (χ3n) is 4.16. The number of amides is 2. The topological polar surface area (TPSA) is 52.7 Å². The number of nitrogens with zero attached hydrogens (tertiary/aromatic N) is 2. The van der Waals surface area contributed by atoms with Crippen molar-refractivity contribution in [3.05, 3.63) is 0 Å². The van der Waals surface area contributed by atoms with E-state index in [1.807, 2.05) is 11.9 Å². The Morgan fingerprint density at radius 2 is 2.11 bits per heavy atom. The van der Waals surface area contributed by atoms with E-state index in [1.165, 1.54) is 0 Å². The first-order valence-electron chi connectivity index (χ1n) is 7.41. The lowest BCUT2D eigenvalue weighted by Crippen LogP contribution is -2.58. The highest BCUT2D eigenvalue weighted by atomic mass is 16.2. The second-order valence-electron chi connectivity index (χ2n) is 5.65. The van der Waals surface area contributed by atoms with Crippen LogP contribution in [-0.4, -0.2) is 60.4 Å². The molecule has 0 aromatic heterocycles. The second kappa shape index (κ2) is 6.37. The summed E-state index contributed by atoms with van der Waals surface area (Å²) in [5, 5.41) is 3.34. The first kappa shape index (κ1) is 14.3. The van der Waals surface area contributed by atoms with Crippen molar-refractivity contribution in [3.8, 4) is 0 Å². The molecule has 108 valence electrons. The van der Waals surface area contributed by atoms with Crippen molar-refractivity contribution in [2.45, 2.75) is 51.1 Å². The van der Waals surface area contributed by atoms with Gasteiger partial charge in [-0.05, 0) is 32.2 Å². The second-order valence-corrected chi connectivity index (χ2v) is 5.65. The summed E-state index contributed by atoms with van der Waals surface area (Å²) in [6.45, 7) is 4.54. The molecule has 2 amide bonds. The van der Waals surface area contributed by atoms with Gasteiger partial charge in [-0.1, -0.05) is 6.92 Å². The Labute approximate surface area is 115 Å². The SMILES string of the molecule is CCCNC1CCCN(C2CCC(=O)N(C)C2)C1=O. The van der Waals surface area contributed by atoms with E-state index in [9.17, 15) is 9.59 Å². The molecule has 0 bridgehead atoms. The highest BCUT2D eigenvalue weighted by Crippen LogP contribution is 2.21. The highest BCUT2D eigenvalue weighted by Gasteiger charge is 2.35. The van der Waals surface area contributed by atoms with Crippen LogP contribution in [0, 0.1) is 0 Å². The lowest BCUT2D eigenvalue weighted by atomic mass is 9.98. The minimum atomic E-state index is -0.0170. The van der Waals surface area contributed by atoms with Gasteiger partial charge in [0.1, 0.15) is 0 Å². The number of carbonyl (C=O) groups is 2. The first-order valence-corrected chi connectivity index (χ1v) is 7.41. The summed E-state index contributed by atoms with van der Waals surface area (Å²) in [7, 11) is 1.83. The summed E-state index contributed by atoms with van der Waals surface area (Å²) in [6.07, 6.45) is 4.43. The normalized spacial score (nSPS) is 28.9. The van der Waals surface area contributed by atoms with Crippen molar-refractivity contribution in [1.82, 2.24) is 15.1 Å². The van der Waals surface area contributed by atoms with Crippen LogP contribution in [0.3, 0.4) is 0 Å². The van der Waals surface area contributed by atoms with Gasteiger partial charge in [0.25, 0.3) is 0 Å². The fourth-order valence-electron chi connectivity index (χ4n) is 3.01. The average molecular weight is 267 g/mol. The van der Waals surface area contributed by atoms with Crippen molar-refractivity contribution in [1.29, 1.82) is 0 Å². The molecule has 2 saturated heterocycles. The van der Waals surface area contributed by atoms with Crippen LogP contribution in [0.5, 0.6) is 0 Å². The first-order chi connectivity index (χ1) is 9.13. The molecule has 0 aliphatic carbocycles. The molecular weight excluding hydrogens is 242 g/mol. The van der Waals surface area contributed by atoms with Gasteiger partial charge in [0, 0.05) is 32.6 Å². The number of carbonyl (C=O) groups excluding carboxylic acids is 2. The van der Waals surface area contributed by atoms with Gasteiger partial charge >= 0.3 is 0 Å². The molecule has 0 spiro atoms. The molecule has 0 saturated carbocycles. The Morgan fingerprint density at radius 3 is 2.79 bits per heavy atom. The van der Waals surface area contributed by atoms with E-state index in [4.69, 9.17) is 0 Å². The van der Waals surface area contributed by atoms with Crippen molar-refractivity contribution in [2.75, 3.05) is 26.7 Å². The molecule has 5 nitrogen and oxygen atoms in total. The fourth-order valence-corrected chi connectivity index (χ4v) is 3.01. The lowest BCUT2D eigenvalue weighted by Gasteiger charge is -2.42. The summed E-state index contributed by atoms with van der Waals surface area (Å²) in [5.74, 6) is 0.425. The van der Waals surface area contributed by atoms with Gasteiger partial charge in [0.05, 0.1) is 6.04 Å². The van der Waals surface area contributed by atoms with Crippen LogP contribution in [-0.2, 0) is 9.59 Å². The molecule has 0 aromatic rings. The molecule has 0 aromatic carbocycles. The minimum absolute atomic E-state index is 0.0170. The maximum absolute atomic E-state index is 12.5. The van der Waals surface area contributed by atoms with Gasteiger partial charge in [-0.15, -0.1) is 0 Å². The number of rotatable bonds is 4. The van der Waals surface area contributed by atoms with Crippen LogP contribution in [0.1, 0.15) is 39.0 Å². The zero-order chi connectivity index (χ0) is 13.8. The molecule has 0 radical (unpaired) electrons. The highest BCUT2D eigenvalue weighted by molar-refractivity contribution is 5.83. The third-order valence-corrected chi connectivity index (χ3v) is 4.16. The van der Waals surface area contributed by atoms with Crippen LogP contribution < -0.4 is 5.32 Å². The molecule has 2 fully saturated rings. The van der Waals surface area contributed by atoms with Crippen LogP contribution in [0.25, 0.3) is 0 Å². The van der Waals surface area contributed by atoms with E-state index in [0.29, 0.717) is 13.0 Å². The molecule has 2 atom stereocenters. The van der Waals surface area contributed by atoms with Crippen molar-refractivity contribution in [3.63, 3.8) is 0 Å². The van der Waals surface area contributed by atoms with Crippen LogP contribution >= 0.6 is 0 Å². The largest absolute Gasteiger partial charge is 0.344 e. The Balaban J connectivity index is 1.95. The van der Waals surface area contributed by atoms with E-state index in [2.05, 4.69) is 12.2 Å². The van der Waals surface area contributed by atoms with Gasteiger partial charge in [-0.2, -0.15) is 0 Å². The number of hydrogen-bond donors (Lipinski definition) is 1. The number of piperidine rings is 2. The van der Waals surface area contributed by atoms with Gasteiger partial charge in [0.15, 0.2) is 0 Å². The molecule has 2 aliphatic rings. The van der Waals surface area contributed by atoms with Crippen LogP contribution in [0.2, 0.25) is 0 Å². The maximum atomic E-state index is 12.5. The quantitative estimate of drug-likeness (QED) is 0.811. The molecule has 2 aliphatic heterocycles. The smallest absolute Gasteiger partial charge is 0.240 e. The van der Waals surface area contributed by atoms with E-state index >= 15 is 0 Å². The molecule has 2 unspecified atom stereocenters. The Kier molecular flexibility index (Phi) is 4.80. The molecule has 5 heteroatoms. The van der Waals surface area contributed by atoms with E-state index in [-0.39, 0.29) is 23.9 Å². The summed E-state index contributed by atoms with van der Waals surface area (Å²) >= 11 is 0.